The van der Waals surface area contributed by atoms with Crippen LogP contribution < -0.4 is 11.1 Å². The first-order valence-corrected chi connectivity index (χ1v) is 14.8. The molecule has 232 valence electrons. The van der Waals surface area contributed by atoms with E-state index >= 15 is 0 Å². The van der Waals surface area contributed by atoms with Crippen LogP contribution in [0.25, 0.3) is 11.3 Å². The Morgan fingerprint density at radius 3 is 2.58 bits per heavy atom. The fraction of sp³-hybridized carbons (Fsp3) is 0.333. The van der Waals surface area contributed by atoms with Crippen molar-refractivity contribution in [2.75, 3.05) is 19.4 Å². The van der Waals surface area contributed by atoms with Gasteiger partial charge in [0.15, 0.2) is 39.8 Å². The number of nitrogens with two attached hydrogens (primary N) is 1. The number of rotatable bonds is 6. The van der Waals surface area contributed by atoms with Crippen molar-refractivity contribution in [1.82, 2.24) is 9.88 Å². The molecule has 0 aliphatic heterocycles. The monoisotopic (exact) mass is 633 g/mol. The number of benzene rings is 2. The predicted molar refractivity (Wildman–Crippen MR) is 159 cm³/mol. The Balaban J connectivity index is 1.37. The largest absolute Gasteiger partial charge is 0.507 e. The van der Waals surface area contributed by atoms with Crippen LogP contribution in [0.15, 0.2) is 41.8 Å². The van der Waals surface area contributed by atoms with Crippen LogP contribution in [-0.4, -0.2) is 79.8 Å². The van der Waals surface area contributed by atoms with Crippen molar-refractivity contribution >= 4 is 56.9 Å². The van der Waals surface area contributed by atoms with Crippen molar-refractivity contribution < 1.29 is 39.1 Å². The molecule has 6 atom stereocenters. The molecule has 15 heteroatoms. The van der Waals surface area contributed by atoms with Gasteiger partial charge in [-0.3, -0.25) is 39.0 Å². The minimum absolute atomic E-state index is 0.0751. The summed E-state index contributed by atoms with van der Waals surface area (Å²) in [5, 5.41) is 38.9. The van der Waals surface area contributed by atoms with Gasteiger partial charge in [0, 0.05) is 34.7 Å². The highest BCUT2D eigenvalue weighted by Gasteiger charge is 2.69. The molecule has 45 heavy (non-hydrogen) atoms. The number of fused-ring (bicyclic) bond motifs is 3. The number of Topliss-reactive ketones (excluding diaryl/α,β-unsaturated/α-hetero) is 4. The molecule has 2 fully saturated rings. The SMILES string of the molecule is CN(C)[C@@H]1C(=O)C(C(N)=O)C(=O)[C@@]2(O)C(=O)C3C(=O)c4c(O)ccc(Nc5nc(-c6cccc([N+](=O)[O-])c6)cs5)c4C[C@H]3C[C@@H]12. The number of nitrogens with one attached hydrogen (secondary N) is 1. The number of aromatic nitrogens is 1. The second-order valence-corrected chi connectivity index (χ2v) is 12.6. The maximum atomic E-state index is 14.0. The second-order valence-electron chi connectivity index (χ2n) is 11.7. The zero-order chi connectivity index (χ0) is 32.5. The van der Waals surface area contributed by atoms with Crippen molar-refractivity contribution in [3.63, 3.8) is 0 Å². The summed E-state index contributed by atoms with van der Waals surface area (Å²) < 4.78 is 0. The number of carbonyl (C=O) groups excluding carboxylic acids is 5. The second kappa shape index (κ2) is 10.6. The van der Waals surface area contributed by atoms with Crippen LogP contribution in [0.3, 0.4) is 0 Å². The number of ketones is 4. The number of nitro groups is 1. The summed E-state index contributed by atoms with van der Waals surface area (Å²) in [5.74, 6) is -11.3. The van der Waals surface area contributed by atoms with Gasteiger partial charge in [0.1, 0.15) is 5.75 Å². The van der Waals surface area contributed by atoms with Crippen LogP contribution in [0.1, 0.15) is 22.3 Å². The summed E-state index contributed by atoms with van der Waals surface area (Å²) in [5.41, 5.74) is 4.11. The number of thiazole rings is 1. The Labute approximate surface area is 259 Å². The van der Waals surface area contributed by atoms with Crippen LogP contribution in [-0.2, 0) is 25.6 Å². The highest BCUT2D eigenvalue weighted by atomic mass is 32.1. The molecule has 2 saturated carbocycles. The number of aliphatic hydroxyl groups is 1. The molecule has 6 rings (SSSR count). The van der Waals surface area contributed by atoms with E-state index in [1.807, 2.05) is 0 Å². The maximum absolute atomic E-state index is 14.0. The lowest BCUT2D eigenvalue weighted by molar-refractivity contribution is -0.384. The van der Waals surface area contributed by atoms with Crippen LogP contribution in [0.5, 0.6) is 5.75 Å². The average Bonchev–Trinajstić information content (AvgIpc) is 3.45. The van der Waals surface area contributed by atoms with Gasteiger partial charge in [-0.15, -0.1) is 11.3 Å². The number of likely N-dealkylation sites (N-methyl/N-ethyl adjacent to an activating group) is 1. The van der Waals surface area contributed by atoms with E-state index in [1.165, 1.54) is 48.5 Å². The van der Waals surface area contributed by atoms with Crippen molar-refractivity contribution in [3.8, 4) is 17.0 Å². The van der Waals surface area contributed by atoms with E-state index < -0.39 is 75.0 Å². The molecule has 0 spiro atoms. The van der Waals surface area contributed by atoms with Crippen molar-refractivity contribution in [2.24, 2.45) is 29.4 Å². The number of primary amides is 1. The molecule has 14 nitrogen and oxygen atoms in total. The van der Waals surface area contributed by atoms with E-state index in [2.05, 4.69) is 10.3 Å². The topological polar surface area (TPSA) is 223 Å². The first kappa shape index (κ1) is 30.2. The third-order valence-corrected chi connectivity index (χ3v) is 9.80. The summed E-state index contributed by atoms with van der Waals surface area (Å²) in [4.78, 5) is 83.3. The van der Waals surface area contributed by atoms with Gasteiger partial charge in [0.2, 0.25) is 5.91 Å². The quantitative estimate of drug-likeness (QED) is 0.132. The van der Waals surface area contributed by atoms with Gasteiger partial charge in [0.05, 0.1) is 28.1 Å². The number of carbonyl (C=O) groups is 5. The summed E-state index contributed by atoms with van der Waals surface area (Å²) in [7, 11) is 3.04. The molecule has 3 aliphatic carbocycles. The smallest absolute Gasteiger partial charge is 0.270 e. The number of anilines is 2. The summed E-state index contributed by atoms with van der Waals surface area (Å²) in [6.45, 7) is 0. The molecule has 1 aromatic heterocycles. The third-order valence-electron chi connectivity index (χ3n) is 9.04. The highest BCUT2D eigenvalue weighted by molar-refractivity contribution is 7.14. The Kier molecular flexibility index (Phi) is 7.14. The highest BCUT2D eigenvalue weighted by Crippen LogP contribution is 2.51. The molecule has 1 amide bonds. The molecule has 5 N–H and O–H groups in total. The number of hydrogen-bond acceptors (Lipinski definition) is 13. The number of amides is 1. The van der Waals surface area contributed by atoms with Crippen LogP contribution in [0.2, 0.25) is 0 Å². The van der Waals surface area contributed by atoms with E-state index in [0.717, 1.165) is 0 Å². The van der Waals surface area contributed by atoms with Gasteiger partial charge in [-0.2, -0.15) is 0 Å². The standard InChI is InChI=1S/C30H27N5O9S/c1-34(2)23-16-10-13-9-15-17(32-29-33-18(11-45-29)12-4-3-5-14(8-12)35(43)44)6-7-19(36)21(15)24(37)20(13)26(39)30(16,42)27(40)22(25(23)38)28(31)41/h3-8,11,13,16,20,22-23,36,42H,9-10H2,1-2H3,(H2,31,41)(H,32,33)/t13-,16-,20?,22?,23-,30-/m0/s1. The summed E-state index contributed by atoms with van der Waals surface area (Å²) in [6, 6.07) is 7.62. The lowest BCUT2D eigenvalue weighted by Gasteiger charge is -2.52. The summed E-state index contributed by atoms with van der Waals surface area (Å²) in [6.07, 6.45) is -0.00113. The van der Waals surface area contributed by atoms with Crippen LogP contribution in [0, 0.1) is 33.8 Å². The number of hydrogen-bond donors (Lipinski definition) is 4. The Morgan fingerprint density at radius 2 is 1.91 bits per heavy atom. The minimum Gasteiger partial charge on any atom is -0.507 e. The van der Waals surface area contributed by atoms with Crippen molar-refractivity contribution in [2.45, 2.75) is 24.5 Å². The van der Waals surface area contributed by atoms with E-state index in [-0.39, 0.29) is 24.1 Å². The number of phenolic OH excluding ortho intramolecular Hbond substituents is 1. The van der Waals surface area contributed by atoms with E-state index in [1.54, 1.807) is 23.6 Å². The minimum atomic E-state index is -2.80. The van der Waals surface area contributed by atoms with Crippen LogP contribution in [0.4, 0.5) is 16.5 Å². The van der Waals surface area contributed by atoms with Crippen molar-refractivity contribution in [1.29, 1.82) is 0 Å². The summed E-state index contributed by atoms with van der Waals surface area (Å²) >= 11 is 1.21. The molecule has 2 unspecified atom stereocenters. The zero-order valence-electron chi connectivity index (χ0n) is 23.9. The van der Waals surface area contributed by atoms with Crippen LogP contribution >= 0.6 is 11.3 Å². The maximum Gasteiger partial charge on any atom is 0.270 e. The lowest BCUT2D eigenvalue weighted by Crippen LogP contribution is -2.74. The fourth-order valence-electron chi connectivity index (χ4n) is 7.08. The first-order valence-electron chi connectivity index (χ1n) is 13.9. The Morgan fingerprint density at radius 1 is 1.18 bits per heavy atom. The van der Waals surface area contributed by atoms with Crippen molar-refractivity contribution in [3.05, 3.63) is 63.0 Å². The zero-order valence-corrected chi connectivity index (χ0v) is 24.7. The van der Waals surface area contributed by atoms with E-state index in [4.69, 9.17) is 5.73 Å². The van der Waals surface area contributed by atoms with Gasteiger partial charge in [-0.25, -0.2) is 4.98 Å². The average molecular weight is 634 g/mol. The van der Waals surface area contributed by atoms with Gasteiger partial charge in [0.25, 0.3) is 5.69 Å². The molecule has 0 saturated heterocycles. The molecule has 1 heterocycles. The molecule has 3 aromatic rings. The number of nitrogens with zero attached hydrogens (tertiary/aromatic N) is 3. The Hall–Kier alpha value is -4.86. The molecule has 0 radical (unpaired) electrons. The Bertz CT molecular complexity index is 1840. The van der Waals surface area contributed by atoms with Gasteiger partial charge < -0.3 is 21.3 Å². The number of non-ortho nitro benzene ring substituents is 1. The van der Waals surface area contributed by atoms with Gasteiger partial charge in [-0.1, -0.05) is 12.1 Å². The number of nitro benzene ring substituents is 1. The number of phenols is 1. The first-order chi connectivity index (χ1) is 21.2. The van der Waals surface area contributed by atoms with Gasteiger partial charge in [-0.05, 0) is 50.6 Å². The molecular formula is C30H27N5O9S. The molecule has 2 aromatic carbocycles. The third kappa shape index (κ3) is 4.53. The normalized spacial score (nSPS) is 27.5. The molecule has 0 bridgehead atoms. The van der Waals surface area contributed by atoms with E-state index in [0.29, 0.717) is 27.6 Å². The van der Waals surface area contributed by atoms with E-state index in [9.17, 15) is 44.3 Å². The predicted octanol–water partition coefficient (Wildman–Crippen LogP) is 1.64. The number of aromatic hydroxyl groups is 1. The van der Waals surface area contributed by atoms with Gasteiger partial charge >= 0.3 is 0 Å². The fourth-order valence-corrected chi connectivity index (χ4v) is 7.81. The molecule has 3 aliphatic rings. The molecular weight excluding hydrogens is 606 g/mol. The lowest BCUT2D eigenvalue weighted by atomic mass is 9.52.